The van der Waals surface area contributed by atoms with E-state index in [1.807, 2.05) is 30.3 Å². The second-order valence-corrected chi connectivity index (χ2v) is 6.05. The first-order valence-corrected chi connectivity index (χ1v) is 8.04. The maximum Gasteiger partial charge on any atom is 0.319 e. The topological polar surface area (TPSA) is 82.3 Å². The minimum atomic E-state index is -0.338. The minimum Gasteiger partial charge on any atom is -0.465 e. The second kappa shape index (κ2) is 6.74. The predicted molar refractivity (Wildman–Crippen MR) is 86.0 cm³/mol. The summed E-state index contributed by atoms with van der Waals surface area (Å²) in [6, 6.07) is 9.19. The van der Waals surface area contributed by atoms with E-state index in [1.54, 1.807) is 24.6 Å². The zero-order valence-electron chi connectivity index (χ0n) is 12.7. The predicted octanol–water partition coefficient (Wildman–Crippen LogP) is 2.23. The number of pyridine rings is 1. The molecule has 0 saturated carbocycles. The zero-order valence-corrected chi connectivity index (χ0v) is 13.5. The van der Waals surface area contributed by atoms with Crippen LogP contribution in [0.2, 0.25) is 0 Å². The molecule has 0 bridgehead atoms. The Hall–Kier alpha value is -2.48. The number of hydrogen-bond acceptors (Lipinski definition) is 7. The number of esters is 1. The van der Waals surface area contributed by atoms with Gasteiger partial charge in [0, 0.05) is 6.20 Å². The van der Waals surface area contributed by atoms with Crippen LogP contribution in [0.3, 0.4) is 0 Å². The largest absolute Gasteiger partial charge is 0.465 e. The number of rotatable bonds is 5. The Labute approximate surface area is 137 Å². The maximum atomic E-state index is 11.7. The lowest BCUT2D eigenvalue weighted by Crippen LogP contribution is -2.17. The van der Waals surface area contributed by atoms with Crippen LogP contribution in [0.25, 0.3) is 17.2 Å². The molecule has 3 aromatic heterocycles. The van der Waals surface area contributed by atoms with Crippen LogP contribution in [-0.4, -0.2) is 42.6 Å². The van der Waals surface area contributed by atoms with Crippen LogP contribution in [0.15, 0.2) is 41.6 Å². The van der Waals surface area contributed by atoms with Crippen LogP contribution in [-0.2, 0) is 9.53 Å². The molecule has 8 heteroatoms. The van der Waals surface area contributed by atoms with Gasteiger partial charge in [-0.2, -0.15) is 9.61 Å². The molecule has 3 rings (SSSR count). The van der Waals surface area contributed by atoms with E-state index in [2.05, 4.69) is 20.3 Å². The van der Waals surface area contributed by atoms with Crippen molar-refractivity contribution in [2.24, 2.45) is 0 Å². The lowest BCUT2D eigenvalue weighted by Gasteiger charge is -2.09. The molecule has 0 aliphatic rings. The number of fused-ring (bicyclic) bond motifs is 1. The normalized spacial score (nSPS) is 12.3. The molecule has 0 fully saturated rings. The number of carbonyl (C=O) groups is 1. The van der Waals surface area contributed by atoms with Crippen LogP contribution in [0, 0.1) is 0 Å². The highest BCUT2D eigenvalue weighted by Crippen LogP contribution is 2.23. The van der Waals surface area contributed by atoms with E-state index in [9.17, 15) is 4.79 Å². The van der Waals surface area contributed by atoms with Crippen molar-refractivity contribution in [3.63, 3.8) is 0 Å². The van der Waals surface area contributed by atoms with Crippen molar-refractivity contribution in [1.29, 1.82) is 0 Å². The number of nitrogens with zero attached hydrogens (tertiary/aromatic N) is 5. The standard InChI is InChI=1S/C15H15N5O2S/c1-3-22-15(21)10(2)23-13-8-7-12-17-18-14(20(12)19-13)11-6-4-5-9-16-11/h4-10H,3H2,1-2H3/t10-/m1/s1. The number of ether oxygens (including phenoxy) is 1. The quantitative estimate of drug-likeness (QED) is 0.524. The summed E-state index contributed by atoms with van der Waals surface area (Å²) < 4.78 is 6.64. The van der Waals surface area contributed by atoms with Crippen LogP contribution >= 0.6 is 11.8 Å². The number of thioether (sulfide) groups is 1. The van der Waals surface area contributed by atoms with E-state index >= 15 is 0 Å². The Bertz CT molecular complexity index is 821. The zero-order chi connectivity index (χ0) is 16.2. The Balaban J connectivity index is 1.91. The average molecular weight is 329 g/mol. The molecule has 0 aliphatic carbocycles. The molecule has 7 nitrogen and oxygen atoms in total. The lowest BCUT2D eigenvalue weighted by atomic mass is 10.3. The first-order valence-electron chi connectivity index (χ1n) is 7.16. The van der Waals surface area contributed by atoms with Crippen LogP contribution in [0.5, 0.6) is 0 Å². The first-order chi connectivity index (χ1) is 11.2. The molecule has 3 aromatic rings. The Morgan fingerprint density at radius 3 is 2.91 bits per heavy atom. The molecule has 0 aromatic carbocycles. The molecule has 23 heavy (non-hydrogen) atoms. The molecule has 3 heterocycles. The molecule has 118 valence electrons. The van der Waals surface area contributed by atoms with E-state index in [0.717, 1.165) is 0 Å². The highest BCUT2D eigenvalue weighted by atomic mass is 32.2. The van der Waals surface area contributed by atoms with E-state index in [-0.39, 0.29) is 11.2 Å². The molecular formula is C15H15N5O2S. The van der Waals surface area contributed by atoms with Gasteiger partial charge < -0.3 is 4.74 Å². The van der Waals surface area contributed by atoms with Crippen molar-refractivity contribution in [3.05, 3.63) is 36.5 Å². The molecule has 0 radical (unpaired) electrons. The summed E-state index contributed by atoms with van der Waals surface area (Å²) in [5.41, 5.74) is 1.31. The molecule has 0 N–H and O–H groups in total. The lowest BCUT2D eigenvalue weighted by molar-refractivity contribution is -0.142. The fourth-order valence-corrected chi connectivity index (χ4v) is 2.78. The summed E-state index contributed by atoms with van der Waals surface area (Å²) in [6.07, 6.45) is 1.69. The first kappa shape index (κ1) is 15.4. The van der Waals surface area contributed by atoms with E-state index in [0.29, 0.717) is 28.8 Å². The second-order valence-electron chi connectivity index (χ2n) is 4.69. The van der Waals surface area contributed by atoms with Gasteiger partial charge in [-0.15, -0.1) is 10.2 Å². The van der Waals surface area contributed by atoms with Crippen LogP contribution in [0.4, 0.5) is 0 Å². The number of hydrogen-bond donors (Lipinski definition) is 0. The smallest absolute Gasteiger partial charge is 0.319 e. The van der Waals surface area contributed by atoms with Gasteiger partial charge in [0.2, 0.25) is 5.82 Å². The van der Waals surface area contributed by atoms with Gasteiger partial charge in [-0.05, 0) is 38.1 Å². The van der Waals surface area contributed by atoms with Crippen LogP contribution < -0.4 is 0 Å². The summed E-state index contributed by atoms with van der Waals surface area (Å²) >= 11 is 1.33. The Kier molecular flexibility index (Phi) is 4.52. The van der Waals surface area contributed by atoms with Gasteiger partial charge in [-0.1, -0.05) is 17.8 Å². The van der Waals surface area contributed by atoms with Crippen molar-refractivity contribution in [3.8, 4) is 11.5 Å². The fourth-order valence-electron chi connectivity index (χ4n) is 1.98. The van der Waals surface area contributed by atoms with Crippen LogP contribution in [0.1, 0.15) is 13.8 Å². The van der Waals surface area contributed by atoms with Gasteiger partial charge in [0.25, 0.3) is 0 Å². The highest BCUT2D eigenvalue weighted by molar-refractivity contribution is 8.00. The van der Waals surface area contributed by atoms with Crippen molar-refractivity contribution in [1.82, 2.24) is 24.8 Å². The van der Waals surface area contributed by atoms with Gasteiger partial charge in [-0.3, -0.25) is 9.78 Å². The average Bonchev–Trinajstić information content (AvgIpc) is 2.99. The Morgan fingerprint density at radius 2 is 2.17 bits per heavy atom. The maximum absolute atomic E-state index is 11.7. The fraction of sp³-hybridized carbons (Fsp3) is 0.267. The van der Waals surface area contributed by atoms with Crippen molar-refractivity contribution in [2.45, 2.75) is 24.1 Å². The summed E-state index contributed by atoms with van der Waals surface area (Å²) in [5, 5.41) is 13.1. The summed E-state index contributed by atoms with van der Waals surface area (Å²) in [5.74, 6) is 0.306. The molecule has 0 unspecified atom stereocenters. The van der Waals surface area contributed by atoms with Gasteiger partial charge in [0.1, 0.15) is 16.0 Å². The highest BCUT2D eigenvalue weighted by Gasteiger charge is 2.17. The molecule has 0 saturated heterocycles. The monoisotopic (exact) mass is 329 g/mol. The van der Waals surface area contributed by atoms with Crippen molar-refractivity contribution >= 4 is 23.4 Å². The summed E-state index contributed by atoms with van der Waals surface area (Å²) in [4.78, 5) is 16.0. The molecular weight excluding hydrogens is 314 g/mol. The van der Waals surface area contributed by atoms with Crippen molar-refractivity contribution < 1.29 is 9.53 Å². The van der Waals surface area contributed by atoms with Gasteiger partial charge >= 0.3 is 5.97 Å². The van der Waals surface area contributed by atoms with Crippen molar-refractivity contribution in [2.75, 3.05) is 6.61 Å². The SMILES string of the molecule is CCOC(=O)[C@@H](C)Sc1ccc2nnc(-c3ccccn3)n2n1. The third-order valence-corrected chi connectivity index (χ3v) is 4.05. The Morgan fingerprint density at radius 1 is 1.30 bits per heavy atom. The van der Waals surface area contributed by atoms with Gasteiger partial charge in [0.05, 0.1) is 6.61 Å². The number of carbonyl (C=O) groups excluding carboxylic acids is 1. The van der Waals surface area contributed by atoms with E-state index in [4.69, 9.17) is 4.74 Å². The molecule has 0 spiro atoms. The molecule has 1 atom stereocenters. The number of aromatic nitrogens is 5. The molecule has 0 amide bonds. The van der Waals surface area contributed by atoms with Gasteiger partial charge in [0.15, 0.2) is 5.65 Å². The molecule has 0 aliphatic heterocycles. The third kappa shape index (κ3) is 3.31. The van der Waals surface area contributed by atoms with E-state index in [1.165, 1.54) is 11.8 Å². The minimum absolute atomic E-state index is 0.256. The third-order valence-electron chi connectivity index (χ3n) is 3.05. The summed E-state index contributed by atoms with van der Waals surface area (Å²) in [6.45, 7) is 3.95. The summed E-state index contributed by atoms with van der Waals surface area (Å²) in [7, 11) is 0. The van der Waals surface area contributed by atoms with E-state index < -0.39 is 0 Å². The van der Waals surface area contributed by atoms with Gasteiger partial charge in [-0.25, -0.2) is 0 Å².